The highest BCUT2D eigenvalue weighted by molar-refractivity contribution is 5.80. The Morgan fingerprint density at radius 2 is 1.90 bits per heavy atom. The average Bonchev–Trinajstić information content (AvgIpc) is 2.78. The first-order chi connectivity index (χ1) is 15.0. The van der Waals surface area contributed by atoms with Crippen molar-refractivity contribution in [3.63, 3.8) is 0 Å². The number of hydrogen-bond donors (Lipinski definition) is 3. The van der Waals surface area contributed by atoms with Crippen LogP contribution in [0.2, 0.25) is 0 Å². The number of rotatable bonds is 10. The van der Waals surface area contributed by atoms with E-state index in [-0.39, 0.29) is 11.7 Å². The van der Waals surface area contributed by atoms with E-state index in [9.17, 15) is 9.18 Å². The van der Waals surface area contributed by atoms with Gasteiger partial charge in [0.1, 0.15) is 5.82 Å². The highest BCUT2D eigenvalue weighted by Gasteiger charge is 2.21. The van der Waals surface area contributed by atoms with Gasteiger partial charge in [-0.1, -0.05) is 13.0 Å². The number of guanidine groups is 1. The Bertz CT molecular complexity index is 714. The van der Waals surface area contributed by atoms with Gasteiger partial charge in [-0.15, -0.1) is 0 Å². The van der Waals surface area contributed by atoms with Crippen LogP contribution in [0.25, 0.3) is 0 Å². The van der Waals surface area contributed by atoms with E-state index in [1.165, 1.54) is 0 Å². The zero-order chi connectivity index (χ0) is 22.6. The Morgan fingerprint density at radius 1 is 1.19 bits per heavy atom. The zero-order valence-electron chi connectivity index (χ0n) is 19.5. The molecule has 7 nitrogen and oxygen atoms in total. The average molecular weight is 435 g/mol. The molecule has 1 aliphatic rings. The second-order valence-corrected chi connectivity index (χ2v) is 7.93. The van der Waals surface area contributed by atoms with Gasteiger partial charge in [-0.3, -0.25) is 14.7 Å². The van der Waals surface area contributed by atoms with Crippen molar-refractivity contribution in [3.8, 4) is 0 Å². The Balaban J connectivity index is 1.78. The fourth-order valence-electron chi connectivity index (χ4n) is 3.81. The molecule has 0 aromatic heterocycles. The van der Waals surface area contributed by atoms with Crippen molar-refractivity contribution in [1.29, 1.82) is 0 Å². The number of piperidine rings is 1. The third kappa shape index (κ3) is 8.01. The second kappa shape index (κ2) is 13.1. The number of amides is 1. The molecule has 31 heavy (non-hydrogen) atoms. The number of nitrogens with one attached hydrogen (secondary N) is 3. The Labute approximate surface area is 186 Å². The zero-order valence-corrected chi connectivity index (χ0v) is 19.5. The van der Waals surface area contributed by atoms with E-state index in [1.54, 1.807) is 13.1 Å². The topological polar surface area (TPSA) is 72.0 Å². The fraction of sp³-hybridized carbons (Fsp3) is 0.652. The molecule has 1 aromatic rings. The van der Waals surface area contributed by atoms with E-state index in [2.05, 4.69) is 32.8 Å². The van der Waals surface area contributed by atoms with Crippen molar-refractivity contribution in [2.24, 2.45) is 4.99 Å². The van der Waals surface area contributed by atoms with Crippen LogP contribution in [0.4, 0.5) is 10.1 Å². The minimum Gasteiger partial charge on any atom is -0.370 e. The first-order valence-electron chi connectivity index (χ1n) is 11.5. The molecule has 1 aromatic carbocycles. The first-order valence-corrected chi connectivity index (χ1v) is 11.5. The van der Waals surface area contributed by atoms with E-state index < -0.39 is 0 Å². The maximum absolute atomic E-state index is 14.5. The van der Waals surface area contributed by atoms with E-state index in [0.29, 0.717) is 30.8 Å². The Hall–Kier alpha value is -2.35. The summed E-state index contributed by atoms with van der Waals surface area (Å²) in [6, 6.07) is 5.71. The lowest BCUT2D eigenvalue weighted by molar-refractivity contribution is -0.122. The number of carbonyl (C=O) groups excluding carboxylic acids is 1. The largest absolute Gasteiger partial charge is 0.370 e. The SMILES string of the molecule is CCCNC(=O)CN1CCC(NC(=NC)NCc2ccc(N(CC)CC)c(F)c2)CC1. The van der Waals surface area contributed by atoms with Crippen LogP contribution in [0.15, 0.2) is 23.2 Å². The molecular formula is C23H39FN6O. The van der Waals surface area contributed by atoms with Gasteiger partial charge >= 0.3 is 0 Å². The smallest absolute Gasteiger partial charge is 0.234 e. The van der Waals surface area contributed by atoms with Crippen LogP contribution in [0.1, 0.15) is 45.6 Å². The van der Waals surface area contributed by atoms with Crippen LogP contribution in [0, 0.1) is 5.82 Å². The van der Waals surface area contributed by atoms with Gasteiger partial charge in [0.25, 0.3) is 0 Å². The van der Waals surface area contributed by atoms with Crippen molar-refractivity contribution in [1.82, 2.24) is 20.9 Å². The van der Waals surface area contributed by atoms with Gasteiger partial charge in [0.15, 0.2) is 5.96 Å². The number of halogens is 1. The lowest BCUT2D eigenvalue weighted by Gasteiger charge is -2.32. The molecule has 1 saturated heterocycles. The lowest BCUT2D eigenvalue weighted by atomic mass is 10.1. The summed E-state index contributed by atoms with van der Waals surface area (Å²) in [7, 11) is 1.74. The lowest BCUT2D eigenvalue weighted by Crippen LogP contribution is -2.50. The Kier molecular flexibility index (Phi) is 10.6. The van der Waals surface area contributed by atoms with Crippen LogP contribution < -0.4 is 20.9 Å². The third-order valence-corrected chi connectivity index (χ3v) is 5.67. The summed E-state index contributed by atoms with van der Waals surface area (Å²) in [4.78, 5) is 20.4. The van der Waals surface area contributed by atoms with Crippen molar-refractivity contribution >= 4 is 17.6 Å². The predicted octanol–water partition coefficient (Wildman–Crippen LogP) is 2.33. The van der Waals surface area contributed by atoms with E-state index in [1.807, 2.05) is 30.9 Å². The van der Waals surface area contributed by atoms with E-state index in [4.69, 9.17) is 0 Å². The van der Waals surface area contributed by atoms with Crippen molar-refractivity contribution < 1.29 is 9.18 Å². The number of benzene rings is 1. The summed E-state index contributed by atoms with van der Waals surface area (Å²) in [6.07, 6.45) is 2.86. The minimum absolute atomic E-state index is 0.102. The Morgan fingerprint density at radius 3 is 2.48 bits per heavy atom. The monoisotopic (exact) mass is 434 g/mol. The van der Waals surface area contributed by atoms with Crippen LogP contribution in [-0.4, -0.2) is 69.1 Å². The van der Waals surface area contributed by atoms with Gasteiger partial charge in [-0.25, -0.2) is 4.39 Å². The summed E-state index contributed by atoms with van der Waals surface area (Å²) >= 11 is 0. The van der Waals surface area contributed by atoms with Gasteiger partial charge in [0.05, 0.1) is 12.2 Å². The predicted molar refractivity (Wildman–Crippen MR) is 126 cm³/mol. The minimum atomic E-state index is -0.193. The van der Waals surface area contributed by atoms with Gasteiger partial charge < -0.3 is 20.9 Å². The van der Waals surface area contributed by atoms with E-state index in [0.717, 1.165) is 57.5 Å². The summed E-state index contributed by atoms with van der Waals surface area (Å²) in [6.45, 7) is 11.1. The summed E-state index contributed by atoms with van der Waals surface area (Å²) in [5, 5.41) is 9.67. The standard InChI is InChI=1S/C23H39FN6O/c1-5-12-26-22(31)17-29-13-10-19(11-14-29)28-23(25-4)27-16-18-8-9-21(20(24)15-18)30(6-2)7-3/h8-9,15,19H,5-7,10-14,16-17H2,1-4H3,(H,26,31)(H2,25,27,28). The van der Waals surface area contributed by atoms with Crippen molar-refractivity contribution in [2.75, 3.05) is 51.2 Å². The third-order valence-electron chi connectivity index (χ3n) is 5.67. The summed E-state index contributed by atoms with van der Waals surface area (Å²) < 4.78 is 14.5. The summed E-state index contributed by atoms with van der Waals surface area (Å²) in [5.41, 5.74) is 1.52. The van der Waals surface area contributed by atoms with Crippen molar-refractivity contribution in [2.45, 2.75) is 52.6 Å². The fourth-order valence-corrected chi connectivity index (χ4v) is 3.81. The van der Waals surface area contributed by atoms with Crippen LogP contribution in [-0.2, 0) is 11.3 Å². The molecule has 0 atom stereocenters. The van der Waals surface area contributed by atoms with Gasteiger partial charge in [0, 0.05) is 52.4 Å². The summed E-state index contributed by atoms with van der Waals surface area (Å²) in [5.74, 6) is 0.624. The molecule has 0 bridgehead atoms. The number of nitrogens with zero attached hydrogens (tertiary/aromatic N) is 3. The van der Waals surface area contributed by atoms with Gasteiger partial charge in [-0.05, 0) is 50.8 Å². The molecule has 8 heteroatoms. The molecule has 3 N–H and O–H groups in total. The second-order valence-electron chi connectivity index (χ2n) is 7.93. The van der Waals surface area contributed by atoms with Crippen LogP contribution in [0.5, 0.6) is 0 Å². The highest BCUT2D eigenvalue weighted by Crippen LogP contribution is 2.20. The number of carbonyl (C=O) groups is 1. The number of anilines is 1. The number of aliphatic imine (C=N–C) groups is 1. The molecule has 0 unspecified atom stereocenters. The van der Waals surface area contributed by atoms with Crippen LogP contribution in [0.3, 0.4) is 0 Å². The van der Waals surface area contributed by atoms with E-state index >= 15 is 0 Å². The molecule has 1 heterocycles. The molecule has 0 saturated carbocycles. The quantitative estimate of drug-likeness (QED) is 0.389. The molecule has 0 radical (unpaired) electrons. The molecule has 1 amide bonds. The number of hydrogen-bond acceptors (Lipinski definition) is 4. The molecule has 0 aliphatic carbocycles. The van der Waals surface area contributed by atoms with Crippen LogP contribution >= 0.6 is 0 Å². The molecular weight excluding hydrogens is 395 g/mol. The maximum atomic E-state index is 14.5. The molecule has 2 rings (SSSR count). The molecule has 0 spiro atoms. The van der Waals surface area contributed by atoms with Crippen molar-refractivity contribution in [3.05, 3.63) is 29.6 Å². The first kappa shape index (κ1) is 24.9. The normalized spacial score (nSPS) is 15.6. The van der Waals surface area contributed by atoms with Gasteiger partial charge in [-0.2, -0.15) is 0 Å². The molecule has 1 fully saturated rings. The number of likely N-dealkylation sites (tertiary alicyclic amines) is 1. The molecule has 174 valence electrons. The maximum Gasteiger partial charge on any atom is 0.234 e. The van der Waals surface area contributed by atoms with Gasteiger partial charge in [0.2, 0.25) is 5.91 Å². The highest BCUT2D eigenvalue weighted by atomic mass is 19.1. The molecule has 1 aliphatic heterocycles.